The average Bonchev–Trinajstić information content (AvgIpc) is 3.40. The Kier molecular flexibility index (Phi) is 6.40. The summed E-state index contributed by atoms with van der Waals surface area (Å²) in [6, 6.07) is 13.9. The highest BCUT2D eigenvalue weighted by molar-refractivity contribution is 7.98. The van der Waals surface area contributed by atoms with Gasteiger partial charge in [0.15, 0.2) is 0 Å². The molecule has 9 heteroatoms. The van der Waals surface area contributed by atoms with Gasteiger partial charge in [0, 0.05) is 34.7 Å². The molecular formula is C25H25Cl2N3O3S. The lowest BCUT2D eigenvalue weighted by molar-refractivity contribution is -0.132. The van der Waals surface area contributed by atoms with E-state index in [-0.39, 0.29) is 23.8 Å². The molecule has 2 aromatic rings. The van der Waals surface area contributed by atoms with E-state index in [0.29, 0.717) is 36.0 Å². The molecule has 0 saturated carbocycles. The number of para-hydroxylation sites is 1. The van der Waals surface area contributed by atoms with Crippen molar-refractivity contribution in [2.45, 2.75) is 24.4 Å². The molecule has 3 amide bonds. The number of nitrogens with one attached hydrogen (secondary N) is 1. The van der Waals surface area contributed by atoms with Crippen LogP contribution in [0.3, 0.4) is 0 Å². The molecule has 5 rings (SSSR count). The number of nitrogens with zero attached hydrogens (tertiary/aromatic N) is 2. The van der Waals surface area contributed by atoms with Crippen LogP contribution in [0.2, 0.25) is 5.02 Å². The van der Waals surface area contributed by atoms with E-state index in [4.69, 9.17) is 23.2 Å². The van der Waals surface area contributed by atoms with Crippen LogP contribution in [0.15, 0.2) is 48.5 Å². The van der Waals surface area contributed by atoms with Gasteiger partial charge in [0.2, 0.25) is 11.8 Å². The van der Waals surface area contributed by atoms with Crippen molar-refractivity contribution < 1.29 is 14.4 Å². The van der Waals surface area contributed by atoms with E-state index in [1.807, 2.05) is 30.5 Å². The SMILES string of the molecule is CSCCC1NC2(C(=O)N(CCCCl)c3ccccc32)C2C(=O)N(c3ccc(Cl)cc3)C(=O)C12. The van der Waals surface area contributed by atoms with Gasteiger partial charge in [-0.3, -0.25) is 19.7 Å². The fourth-order valence-corrected chi connectivity index (χ4v) is 6.46. The Balaban J connectivity index is 1.64. The number of halogens is 2. The molecule has 2 fully saturated rings. The third-order valence-corrected chi connectivity index (χ3v) is 8.26. The van der Waals surface area contributed by atoms with Gasteiger partial charge >= 0.3 is 0 Å². The molecule has 4 atom stereocenters. The van der Waals surface area contributed by atoms with Gasteiger partial charge in [0.1, 0.15) is 5.54 Å². The molecule has 0 aliphatic carbocycles. The molecule has 2 aromatic carbocycles. The number of carbonyl (C=O) groups is 3. The number of fused-ring (bicyclic) bond motifs is 4. The molecule has 0 radical (unpaired) electrons. The van der Waals surface area contributed by atoms with Crippen molar-refractivity contribution in [3.8, 4) is 0 Å². The molecule has 0 bridgehead atoms. The number of anilines is 2. The Labute approximate surface area is 212 Å². The van der Waals surface area contributed by atoms with Crippen LogP contribution in [0.25, 0.3) is 0 Å². The summed E-state index contributed by atoms with van der Waals surface area (Å²) in [6.45, 7) is 0.457. The predicted molar refractivity (Wildman–Crippen MR) is 137 cm³/mol. The maximum Gasteiger partial charge on any atom is 0.252 e. The molecular weight excluding hydrogens is 493 g/mol. The number of benzene rings is 2. The van der Waals surface area contributed by atoms with Crippen molar-refractivity contribution in [2.75, 3.05) is 34.2 Å². The summed E-state index contributed by atoms with van der Waals surface area (Å²) in [7, 11) is 0. The van der Waals surface area contributed by atoms with Crippen molar-refractivity contribution in [1.29, 1.82) is 0 Å². The molecule has 1 N–H and O–H groups in total. The van der Waals surface area contributed by atoms with Crippen molar-refractivity contribution in [3.63, 3.8) is 0 Å². The third kappa shape index (κ3) is 3.40. The van der Waals surface area contributed by atoms with Crippen LogP contribution in [0.4, 0.5) is 11.4 Å². The molecule has 0 aromatic heterocycles. The number of imide groups is 1. The minimum Gasteiger partial charge on any atom is -0.310 e. The molecule has 3 aliphatic heterocycles. The zero-order valence-electron chi connectivity index (χ0n) is 18.7. The number of rotatable bonds is 7. The van der Waals surface area contributed by atoms with E-state index in [1.165, 1.54) is 4.90 Å². The lowest BCUT2D eigenvalue weighted by Crippen LogP contribution is -2.55. The van der Waals surface area contributed by atoms with Gasteiger partial charge in [-0.2, -0.15) is 11.8 Å². The minimum absolute atomic E-state index is 0.181. The van der Waals surface area contributed by atoms with E-state index in [1.54, 1.807) is 40.9 Å². The summed E-state index contributed by atoms with van der Waals surface area (Å²) in [5, 5.41) is 4.05. The van der Waals surface area contributed by atoms with E-state index in [2.05, 4.69) is 5.32 Å². The highest BCUT2D eigenvalue weighted by Crippen LogP contribution is 2.55. The summed E-state index contributed by atoms with van der Waals surface area (Å²) in [6.07, 6.45) is 3.31. The first-order valence-corrected chi connectivity index (χ1v) is 13.6. The van der Waals surface area contributed by atoms with Crippen LogP contribution in [0.5, 0.6) is 0 Å². The van der Waals surface area contributed by atoms with Gasteiger partial charge in [0.25, 0.3) is 5.91 Å². The smallest absolute Gasteiger partial charge is 0.252 e. The second-order valence-corrected chi connectivity index (χ2v) is 10.6. The molecule has 34 heavy (non-hydrogen) atoms. The number of amides is 3. The Hall–Kier alpha value is -2.06. The fraction of sp³-hybridized carbons (Fsp3) is 0.400. The van der Waals surface area contributed by atoms with Crippen LogP contribution in [-0.2, 0) is 19.9 Å². The van der Waals surface area contributed by atoms with Gasteiger partial charge < -0.3 is 4.90 Å². The van der Waals surface area contributed by atoms with Gasteiger partial charge in [0.05, 0.1) is 17.5 Å². The number of hydrogen-bond acceptors (Lipinski definition) is 5. The second-order valence-electron chi connectivity index (χ2n) is 8.85. The van der Waals surface area contributed by atoms with E-state index in [9.17, 15) is 14.4 Å². The molecule has 2 saturated heterocycles. The van der Waals surface area contributed by atoms with Crippen LogP contribution in [0, 0.1) is 11.8 Å². The minimum atomic E-state index is -1.27. The van der Waals surface area contributed by atoms with E-state index < -0.39 is 17.4 Å². The highest BCUT2D eigenvalue weighted by atomic mass is 35.5. The van der Waals surface area contributed by atoms with Gasteiger partial charge in [-0.05, 0) is 55.2 Å². The molecule has 3 aliphatic rings. The third-order valence-electron chi connectivity index (χ3n) is 7.10. The zero-order valence-corrected chi connectivity index (χ0v) is 21.0. The summed E-state index contributed by atoms with van der Waals surface area (Å²) >= 11 is 13.7. The molecule has 3 heterocycles. The normalized spacial score (nSPS) is 27.7. The van der Waals surface area contributed by atoms with Gasteiger partial charge in [-0.1, -0.05) is 29.8 Å². The van der Waals surface area contributed by atoms with Crippen molar-refractivity contribution in [1.82, 2.24) is 5.32 Å². The van der Waals surface area contributed by atoms with Gasteiger partial charge in [-0.15, -0.1) is 11.6 Å². The lowest BCUT2D eigenvalue weighted by Gasteiger charge is -2.30. The lowest BCUT2D eigenvalue weighted by atomic mass is 9.76. The average molecular weight is 518 g/mol. The first-order valence-electron chi connectivity index (χ1n) is 11.3. The van der Waals surface area contributed by atoms with E-state index >= 15 is 0 Å². The number of carbonyl (C=O) groups excluding carboxylic acids is 3. The maximum atomic E-state index is 14.1. The number of hydrogen-bond donors (Lipinski definition) is 1. The zero-order chi connectivity index (χ0) is 24.0. The molecule has 4 unspecified atom stereocenters. The molecule has 178 valence electrons. The first-order chi connectivity index (χ1) is 16.5. The Morgan fingerprint density at radius 1 is 1.06 bits per heavy atom. The second kappa shape index (κ2) is 9.19. The number of alkyl halides is 1. The maximum absolute atomic E-state index is 14.1. The Morgan fingerprint density at radius 3 is 2.50 bits per heavy atom. The van der Waals surface area contributed by atoms with Crippen LogP contribution < -0.4 is 15.1 Å². The van der Waals surface area contributed by atoms with Crippen LogP contribution >= 0.6 is 35.0 Å². The van der Waals surface area contributed by atoms with Gasteiger partial charge in [-0.25, -0.2) is 4.90 Å². The monoisotopic (exact) mass is 517 g/mol. The molecule has 6 nitrogen and oxygen atoms in total. The van der Waals surface area contributed by atoms with Crippen molar-refractivity contribution in [2.24, 2.45) is 11.8 Å². The summed E-state index contributed by atoms with van der Waals surface area (Å²) in [5.74, 6) is -1.00. The predicted octanol–water partition coefficient (Wildman–Crippen LogP) is 4.04. The largest absolute Gasteiger partial charge is 0.310 e. The van der Waals surface area contributed by atoms with E-state index in [0.717, 1.165) is 17.0 Å². The summed E-state index contributed by atoms with van der Waals surface area (Å²) in [4.78, 5) is 44.8. The standard InChI is InChI=1S/C25H25Cl2N3O3S/c1-34-14-11-18-20-21(23(32)30(22(20)31)16-9-7-15(27)8-10-16)25(28-18)17-5-2-3-6-19(17)29(24(25)33)13-4-12-26/h2-3,5-10,18,20-21,28H,4,11-14H2,1H3. The fourth-order valence-electron chi connectivity index (χ4n) is 5.72. The van der Waals surface area contributed by atoms with Crippen molar-refractivity contribution in [3.05, 3.63) is 59.1 Å². The first kappa shape index (κ1) is 23.7. The van der Waals surface area contributed by atoms with Crippen LogP contribution in [0.1, 0.15) is 18.4 Å². The summed E-state index contributed by atoms with van der Waals surface area (Å²) < 4.78 is 0. The summed E-state index contributed by atoms with van der Waals surface area (Å²) in [5.41, 5.74) is 0.741. The topological polar surface area (TPSA) is 69.7 Å². The Bertz CT molecular complexity index is 1140. The van der Waals surface area contributed by atoms with Crippen molar-refractivity contribution >= 4 is 64.1 Å². The Morgan fingerprint density at radius 2 is 1.79 bits per heavy atom. The quantitative estimate of drug-likeness (QED) is 0.443. The van der Waals surface area contributed by atoms with Crippen LogP contribution in [-0.4, -0.2) is 48.2 Å². The number of thioether (sulfide) groups is 1. The molecule has 1 spiro atoms. The highest BCUT2D eigenvalue weighted by Gasteiger charge is 2.71.